The molecule has 1 atom stereocenters. The summed E-state index contributed by atoms with van der Waals surface area (Å²) in [5.74, 6) is 1.77. The summed E-state index contributed by atoms with van der Waals surface area (Å²) < 4.78 is 7.16. The summed E-state index contributed by atoms with van der Waals surface area (Å²) in [7, 11) is 1.69. The summed E-state index contributed by atoms with van der Waals surface area (Å²) in [4.78, 5) is 11.3. The number of methoxy groups -OCH3 is 1. The number of ether oxygens (including phenoxy) is 1. The number of fused-ring (bicyclic) bond motifs is 1. The Kier molecular flexibility index (Phi) is 4.40. The summed E-state index contributed by atoms with van der Waals surface area (Å²) in [6, 6.07) is 10.6. The van der Waals surface area contributed by atoms with Gasteiger partial charge in [0.05, 0.1) is 43.8 Å². The van der Waals surface area contributed by atoms with E-state index in [1.54, 1.807) is 18.1 Å². The first kappa shape index (κ1) is 16.3. The molecular weight excluding hydrogens is 328 g/mol. The highest BCUT2D eigenvalue weighted by Gasteiger charge is 2.29. The van der Waals surface area contributed by atoms with Crippen LogP contribution in [0.3, 0.4) is 0 Å². The molecule has 132 valence electrons. The van der Waals surface area contributed by atoms with Crippen LogP contribution in [0.5, 0.6) is 5.75 Å². The van der Waals surface area contributed by atoms with Crippen LogP contribution in [-0.4, -0.2) is 33.4 Å². The topological polar surface area (TPSA) is 79.9 Å². The minimum atomic E-state index is 0.255. The Morgan fingerprint density at radius 1 is 1.35 bits per heavy atom. The lowest BCUT2D eigenvalue weighted by molar-refractivity contribution is 0.414. The first-order chi connectivity index (χ1) is 12.8. The number of aryl methyl sites for hydroxylation is 1. The number of aromatic nitrogens is 4. The molecule has 0 unspecified atom stereocenters. The molecule has 2 aromatic heterocycles. The summed E-state index contributed by atoms with van der Waals surface area (Å²) >= 11 is 0. The van der Waals surface area contributed by atoms with E-state index in [0.717, 1.165) is 42.0 Å². The molecular formula is C19H20N6O. The third kappa shape index (κ3) is 2.84. The fourth-order valence-corrected chi connectivity index (χ4v) is 3.64. The van der Waals surface area contributed by atoms with E-state index in [0.29, 0.717) is 13.0 Å². The van der Waals surface area contributed by atoms with Crippen LogP contribution in [0.1, 0.15) is 30.9 Å². The van der Waals surface area contributed by atoms with Gasteiger partial charge < -0.3 is 9.64 Å². The summed E-state index contributed by atoms with van der Waals surface area (Å²) in [5.41, 5.74) is 2.01. The minimum absolute atomic E-state index is 0.255. The third-order valence-electron chi connectivity index (χ3n) is 4.85. The number of benzene rings is 1. The van der Waals surface area contributed by atoms with E-state index >= 15 is 0 Å². The van der Waals surface area contributed by atoms with Gasteiger partial charge in [-0.1, -0.05) is 12.1 Å². The van der Waals surface area contributed by atoms with E-state index in [2.05, 4.69) is 38.2 Å². The molecule has 1 aromatic carbocycles. The van der Waals surface area contributed by atoms with Gasteiger partial charge in [-0.15, -0.1) is 0 Å². The van der Waals surface area contributed by atoms with Crippen molar-refractivity contribution in [2.45, 2.75) is 31.8 Å². The Labute approximate surface area is 151 Å². The lowest BCUT2D eigenvalue weighted by Gasteiger charge is -2.26. The molecule has 4 rings (SSSR count). The van der Waals surface area contributed by atoms with Crippen molar-refractivity contribution in [3.05, 3.63) is 42.4 Å². The Bertz CT molecular complexity index is 960. The van der Waals surface area contributed by atoms with Crippen molar-refractivity contribution in [3.8, 4) is 11.8 Å². The first-order valence-electron chi connectivity index (χ1n) is 8.76. The van der Waals surface area contributed by atoms with Crippen molar-refractivity contribution in [2.24, 2.45) is 0 Å². The molecule has 0 spiro atoms. The minimum Gasteiger partial charge on any atom is -0.497 e. The molecule has 3 aromatic rings. The molecule has 0 radical (unpaired) electrons. The van der Waals surface area contributed by atoms with Gasteiger partial charge in [-0.2, -0.15) is 10.4 Å². The van der Waals surface area contributed by atoms with E-state index in [-0.39, 0.29) is 6.04 Å². The van der Waals surface area contributed by atoms with Crippen molar-refractivity contribution in [1.82, 2.24) is 19.7 Å². The van der Waals surface area contributed by atoms with Crippen molar-refractivity contribution in [3.63, 3.8) is 0 Å². The molecule has 0 saturated carbocycles. The summed E-state index contributed by atoms with van der Waals surface area (Å²) in [6.45, 7) is 1.48. The molecule has 0 amide bonds. The van der Waals surface area contributed by atoms with Gasteiger partial charge in [0.25, 0.3) is 0 Å². The largest absolute Gasteiger partial charge is 0.497 e. The molecule has 7 heteroatoms. The second kappa shape index (κ2) is 7.00. The predicted octanol–water partition coefficient (Wildman–Crippen LogP) is 3.09. The normalized spacial score (nSPS) is 16.8. The van der Waals surface area contributed by atoms with Crippen LogP contribution in [0.15, 0.2) is 36.8 Å². The Morgan fingerprint density at radius 2 is 2.27 bits per heavy atom. The molecule has 26 heavy (non-hydrogen) atoms. The maximum absolute atomic E-state index is 8.83. The molecule has 1 aliphatic rings. The van der Waals surface area contributed by atoms with E-state index in [1.807, 2.05) is 18.3 Å². The van der Waals surface area contributed by atoms with Gasteiger partial charge in [0.15, 0.2) is 5.65 Å². The maximum atomic E-state index is 8.83. The molecule has 3 heterocycles. The fourth-order valence-electron chi connectivity index (χ4n) is 3.64. The average Bonchev–Trinajstić information content (AvgIpc) is 3.33. The van der Waals surface area contributed by atoms with Gasteiger partial charge in [-0.3, -0.25) is 0 Å². The van der Waals surface area contributed by atoms with Crippen molar-refractivity contribution < 1.29 is 4.74 Å². The zero-order valence-corrected chi connectivity index (χ0v) is 14.7. The van der Waals surface area contributed by atoms with Crippen LogP contribution in [0.4, 0.5) is 5.82 Å². The SMILES string of the molecule is COc1cccc([C@@H]2CCCN2c2ncnc3c2cnn3CCC#N)c1. The Morgan fingerprint density at radius 3 is 3.12 bits per heavy atom. The van der Waals surface area contributed by atoms with Crippen LogP contribution in [0.25, 0.3) is 11.0 Å². The number of hydrogen-bond acceptors (Lipinski definition) is 6. The van der Waals surface area contributed by atoms with Crippen molar-refractivity contribution in [1.29, 1.82) is 5.26 Å². The second-order valence-electron chi connectivity index (χ2n) is 6.34. The summed E-state index contributed by atoms with van der Waals surface area (Å²) in [6.07, 6.45) is 5.98. The van der Waals surface area contributed by atoms with Crippen LogP contribution in [0, 0.1) is 11.3 Å². The molecule has 1 fully saturated rings. The number of anilines is 1. The highest BCUT2D eigenvalue weighted by atomic mass is 16.5. The standard InChI is InChI=1S/C19H20N6O/c1-26-15-6-2-5-14(11-15)17-7-3-9-24(17)18-16-12-23-25(10-4-8-20)19(16)22-13-21-18/h2,5-6,11-13,17H,3-4,7,9-10H2,1H3/t17-/m0/s1. The van der Waals surface area contributed by atoms with Crippen LogP contribution in [-0.2, 0) is 6.54 Å². The molecule has 1 saturated heterocycles. The highest BCUT2D eigenvalue weighted by Crippen LogP contribution is 2.38. The van der Waals surface area contributed by atoms with Crippen molar-refractivity contribution in [2.75, 3.05) is 18.6 Å². The molecule has 0 bridgehead atoms. The van der Waals surface area contributed by atoms with Crippen LogP contribution >= 0.6 is 0 Å². The van der Waals surface area contributed by atoms with Gasteiger partial charge in [0, 0.05) is 6.54 Å². The number of rotatable bonds is 5. The fraction of sp³-hybridized carbons (Fsp3) is 0.368. The molecule has 0 N–H and O–H groups in total. The van der Waals surface area contributed by atoms with E-state index < -0.39 is 0 Å². The number of hydrogen-bond donors (Lipinski definition) is 0. The maximum Gasteiger partial charge on any atom is 0.163 e. The predicted molar refractivity (Wildman–Crippen MR) is 97.9 cm³/mol. The smallest absolute Gasteiger partial charge is 0.163 e. The molecule has 7 nitrogen and oxygen atoms in total. The Balaban J connectivity index is 1.72. The van der Waals surface area contributed by atoms with Gasteiger partial charge in [0.1, 0.15) is 17.9 Å². The quantitative estimate of drug-likeness (QED) is 0.705. The van der Waals surface area contributed by atoms with Gasteiger partial charge in [-0.25, -0.2) is 14.6 Å². The Hall–Kier alpha value is -3.14. The number of nitriles is 1. The van der Waals surface area contributed by atoms with E-state index in [4.69, 9.17) is 10.00 Å². The van der Waals surface area contributed by atoms with Gasteiger partial charge >= 0.3 is 0 Å². The summed E-state index contributed by atoms with van der Waals surface area (Å²) in [5, 5.41) is 14.2. The lowest BCUT2D eigenvalue weighted by atomic mass is 10.0. The van der Waals surface area contributed by atoms with E-state index in [1.165, 1.54) is 5.56 Å². The average molecular weight is 348 g/mol. The van der Waals surface area contributed by atoms with Crippen LogP contribution in [0.2, 0.25) is 0 Å². The zero-order chi connectivity index (χ0) is 17.9. The third-order valence-corrected chi connectivity index (χ3v) is 4.85. The molecule has 0 aliphatic carbocycles. The van der Waals surface area contributed by atoms with Gasteiger partial charge in [-0.05, 0) is 30.5 Å². The van der Waals surface area contributed by atoms with Crippen LogP contribution < -0.4 is 9.64 Å². The zero-order valence-electron chi connectivity index (χ0n) is 14.7. The molecule has 1 aliphatic heterocycles. The monoisotopic (exact) mass is 348 g/mol. The van der Waals surface area contributed by atoms with E-state index in [9.17, 15) is 0 Å². The van der Waals surface area contributed by atoms with Gasteiger partial charge in [0.2, 0.25) is 0 Å². The van der Waals surface area contributed by atoms with Crippen molar-refractivity contribution >= 4 is 16.9 Å². The number of nitrogens with zero attached hydrogens (tertiary/aromatic N) is 6. The highest BCUT2D eigenvalue weighted by molar-refractivity contribution is 5.87. The lowest BCUT2D eigenvalue weighted by Crippen LogP contribution is -2.24. The first-order valence-corrected chi connectivity index (χ1v) is 8.76. The second-order valence-corrected chi connectivity index (χ2v) is 6.34.